The third-order valence-corrected chi connectivity index (χ3v) is 5.92. The summed E-state index contributed by atoms with van der Waals surface area (Å²) in [4.78, 5) is 12.0. The third-order valence-electron chi connectivity index (χ3n) is 3.88. The Hall–Kier alpha value is -1.40. The SMILES string of the molecule is CCOC(=O)c1ccc(C)c(S(=O)(=O)N2CCCCCC2)c1. The van der Waals surface area contributed by atoms with E-state index in [1.165, 1.54) is 10.4 Å². The van der Waals surface area contributed by atoms with Gasteiger partial charge in [-0.2, -0.15) is 4.31 Å². The molecule has 0 atom stereocenters. The van der Waals surface area contributed by atoms with Crippen molar-refractivity contribution in [1.29, 1.82) is 0 Å². The maximum atomic E-state index is 12.9. The van der Waals surface area contributed by atoms with Crippen LogP contribution in [0.1, 0.15) is 48.5 Å². The molecule has 1 aliphatic rings. The predicted molar refractivity (Wildman–Crippen MR) is 84.4 cm³/mol. The first-order chi connectivity index (χ1) is 10.5. The Morgan fingerprint density at radius 2 is 1.82 bits per heavy atom. The minimum absolute atomic E-state index is 0.208. The van der Waals surface area contributed by atoms with E-state index < -0.39 is 16.0 Å². The molecule has 0 aliphatic carbocycles. The average molecular weight is 325 g/mol. The van der Waals surface area contributed by atoms with Crippen LogP contribution in [0.25, 0.3) is 0 Å². The number of carbonyl (C=O) groups excluding carboxylic acids is 1. The molecular weight excluding hydrogens is 302 g/mol. The summed E-state index contributed by atoms with van der Waals surface area (Å²) in [6, 6.07) is 4.71. The number of benzene rings is 1. The van der Waals surface area contributed by atoms with Gasteiger partial charge in [-0.25, -0.2) is 13.2 Å². The molecule has 5 nitrogen and oxygen atoms in total. The molecule has 0 bridgehead atoms. The van der Waals surface area contributed by atoms with Gasteiger partial charge in [0.25, 0.3) is 0 Å². The van der Waals surface area contributed by atoms with E-state index in [4.69, 9.17) is 4.74 Å². The van der Waals surface area contributed by atoms with Crippen LogP contribution in [0.4, 0.5) is 0 Å². The van der Waals surface area contributed by atoms with Crippen LogP contribution < -0.4 is 0 Å². The summed E-state index contributed by atoms with van der Waals surface area (Å²) >= 11 is 0. The molecule has 1 aromatic rings. The number of carbonyl (C=O) groups is 1. The van der Waals surface area contributed by atoms with Crippen LogP contribution in [-0.2, 0) is 14.8 Å². The molecule has 2 rings (SSSR count). The number of ether oxygens (including phenoxy) is 1. The van der Waals surface area contributed by atoms with Crippen LogP contribution >= 0.6 is 0 Å². The van der Waals surface area contributed by atoms with Gasteiger partial charge >= 0.3 is 5.97 Å². The number of aryl methyl sites for hydroxylation is 1. The van der Waals surface area contributed by atoms with Crippen molar-refractivity contribution in [3.05, 3.63) is 29.3 Å². The summed E-state index contributed by atoms with van der Waals surface area (Å²) < 4.78 is 32.2. The van der Waals surface area contributed by atoms with E-state index in [0.29, 0.717) is 18.7 Å². The largest absolute Gasteiger partial charge is 0.462 e. The first-order valence-corrected chi connectivity index (χ1v) is 9.18. The van der Waals surface area contributed by atoms with Gasteiger partial charge in [-0.3, -0.25) is 0 Å². The van der Waals surface area contributed by atoms with Crippen LogP contribution in [0.2, 0.25) is 0 Å². The molecule has 0 amide bonds. The van der Waals surface area contributed by atoms with Gasteiger partial charge in [-0.15, -0.1) is 0 Å². The Bertz CT molecular complexity index is 632. The number of esters is 1. The first kappa shape index (κ1) is 17.0. The van der Waals surface area contributed by atoms with Gasteiger partial charge < -0.3 is 4.74 Å². The van der Waals surface area contributed by atoms with E-state index in [1.54, 1.807) is 26.0 Å². The molecule has 1 aromatic carbocycles. The molecular formula is C16H23NO4S. The second-order valence-electron chi connectivity index (χ2n) is 5.52. The lowest BCUT2D eigenvalue weighted by molar-refractivity contribution is 0.0526. The minimum atomic E-state index is -3.56. The molecule has 122 valence electrons. The summed E-state index contributed by atoms with van der Waals surface area (Å²) in [5.74, 6) is -0.491. The van der Waals surface area contributed by atoms with E-state index in [9.17, 15) is 13.2 Å². The standard InChI is InChI=1S/C16H23NO4S/c1-3-21-16(18)14-9-8-13(2)15(12-14)22(19,20)17-10-6-4-5-7-11-17/h8-9,12H,3-7,10-11H2,1-2H3. The summed E-state index contributed by atoms with van der Waals surface area (Å²) in [5.41, 5.74) is 0.929. The number of hydrogen-bond acceptors (Lipinski definition) is 4. The van der Waals surface area contributed by atoms with Gasteiger partial charge in [-0.1, -0.05) is 18.9 Å². The Balaban J connectivity index is 2.36. The highest BCUT2D eigenvalue weighted by atomic mass is 32.2. The zero-order chi connectivity index (χ0) is 16.2. The van der Waals surface area contributed by atoms with Gasteiger partial charge in [0, 0.05) is 13.1 Å². The number of sulfonamides is 1. The molecule has 0 unspecified atom stereocenters. The highest BCUT2D eigenvalue weighted by Gasteiger charge is 2.27. The van der Waals surface area contributed by atoms with Gasteiger partial charge in [0.1, 0.15) is 0 Å². The second-order valence-corrected chi connectivity index (χ2v) is 7.43. The normalized spacial score (nSPS) is 17.0. The lowest BCUT2D eigenvalue weighted by atomic mass is 10.1. The van der Waals surface area contributed by atoms with Crippen LogP contribution in [0, 0.1) is 6.92 Å². The van der Waals surface area contributed by atoms with Crippen molar-refractivity contribution in [3.63, 3.8) is 0 Å². The van der Waals surface area contributed by atoms with Crippen LogP contribution in [0.3, 0.4) is 0 Å². The molecule has 1 saturated heterocycles. The molecule has 0 aromatic heterocycles. The number of nitrogens with zero attached hydrogens (tertiary/aromatic N) is 1. The monoisotopic (exact) mass is 325 g/mol. The zero-order valence-corrected chi connectivity index (χ0v) is 14.0. The van der Waals surface area contributed by atoms with Crippen LogP contribution in [0.5, 0.6) is 0 Å². The van der Waals surface area contributed by atoms with Gasteiger partial charge in [0.2, 0.25) is 10.0 Å². The molecule has 6 heteroatoms. The highest BCUT2D eigenvalue weighted by Crippen LogP contribution is 2.24. The van der Waals surface area contributed by atoms with Crippen LogP contribution in [0.15, 0.2) is 23.1 Å². The van der Waals surface area contributed by atoms with Gasteiger partial charge in [-0.05, 0) is 44.4 Å². The van der Waals surface area contributed by atoms with Crippen molar-refractivity contribution in [2.45, 2.75) is 44.4 Å². The molecule has 1 fully saturated rings. The fourth-order valence-corrected chi connectivity index (χ4v) is 4.41. The van der Waals surface area contributed by atoms with Gasteiger partial charge in [0.05, 0.1) is 17.1 Å². The van der Waals surface area contributed by atoms with E-state index in [-0.39, 0.29) is 17.1 Å². The summed E-state index contributed by atoms with van der Waals surface area (Å²) in [6.07, 6.45) is 3.90. The first-order valence-electron chi connectivity index (χ1n) is 7.74. The molecule has 0 N–H and O–H groups in total. The predicted octanol–water partition coefficient (Wildman–Crippen LogP) is 2.74. The van der Waals surface area contributed by atoms with Gasteiger partial charge in [0.15, 0.2) is 0 Å². The van der Waals surface area contributed by atoms with Crippen molar-refractivity contribution in [2.75, 3.05) is 19.7 Å². The maximum absolute atomic E-state index is 12.9. The minimum Gasteiger partial charge on any atom is -0.462 e. The fourth-order valence-electron chi connectivity index (χ4n) is 2.64. The summed E-state index contributed by atoms with van der Waals surface area (Å²) in [5, 5.41) is 0. The Labute approximate surface area is 132 Å². The molecule has 1 aliphatic heterocycles. The highest BCUT2D eigenvalue weighted by molar-refractivity contribution is 7.89. The Kier molecular flexibility index (Phi) is 5.58. The van der Waals surface area contributed by atoms with Crippen molar-refractivity contribution in [3.8, 4) is 0 Å². The smallest absolute Gasteiger partial charge is 0.338 e. The maximum Gasteiger partial charge on any atom is 0.338 e. The number of hydrogen-bond donors (Lipinski definition) is 0. The van der Waals surface area contributed by atoms with Crippen LogP contribution in [-0.4, -0.2) is 38.4 Å². The van der Waals surface area contributed by atoms with E-state index >= 15 is 0 Å². The van der Waals surface area contributed by atoms with E-state index in [1.807, 2.05) is 0 Å². The molecule has 0 saturated carbocycles. The number of rotatable bonds is 4. The summed E-state index contributed by atoms with van der Waals surface area (Å²) in [6.45, 7) is 4.83. The summed E-state index contributed by atoms with van der Waals surface area (Å²) in [7, 11) is -3.56. The lowest BCUT2D eigenvalue weighted by Gasteiger charge is -2.21. The topological polar surface area (TPSA) is 63.7 Å². The fraction of sp³-hybridized carbons (Fsp3) is 0.562. The molecule has 0 radical (unpaired) electrons. The average Bonchev–Trinajstić information content (AvgIpc) is 2.77. The molecule has 22 heavy (non-hydrogen) atoms. The van der Waals surface area contributed by atoms with Crippen molar-refractivity contribution in [2.24, 2.45) is 0 Å². The zero-order valence-electron chi connectivity index (χ0n) is 13.2. The third kappa shape index (κ3) is 3.67. The van der Waals surface area contributed by atoms with Crippen molar-refractivity contribution in [1.82, 2.24) is 4.31 Å². The van der Waals surface area contributed by atoms with Crippen molar-refractivity contribution >= 4 is 16.0 Å². The molecule has 0 spiro atoms. The van der Waals surface area contributed by atoms with Crippen molar-refractivity contribution < 1.29 is 17.9 Å². The molecule has 1 heterocycles. The Morgan fingerprint density at radius 3 is 2.41 bits per heavy atom. The van der Waals surface area contributed by atoms with E-state index in [0.717, 1.165) is 25.7 Å². The quantitative estimate of drug-likeness (QED) is 0.799. The van der Waals surface area contributed by atoms with E-state index in [2.05, 4.69) is 0 Å². The lowest BCUT2D eigenvalue weighted by Crippen LogP contribution is -2.32. The Morgan fingerprint density at radius 1 is 1.18 bits per heavy atom. The second kappa shape index (κ2) is 7.24.